The molecule has 15 heavy (non-hydrogen) atoms. The average Bonchev–Trinajstić information content (AvgIpc) is 2.68. The van der Waals surface area contributed by atoms with E-state index in [0.717, 1.165) is 38.0 Å². The molecule has 1 aliphatic heterocycles. The minimum absolute atomic E-state index is 0.480. The number of hydrogen-bond acceptors (Lipinski definition) is 3. The van der Waals surface area contributed by atoms with Gasteiger partial charge in [0, 0.05) is 6.61 Å². The van der Waals surface area contributed by atoms with Crippen LogP contribution in [0.5, 0.6) is 0 Å². The zero-order valence-electron chi connectivity index (χ0n) is 9.67. The Balaban J connectivity index is 2.02. The normalized spacial score (nSPS) is 47.0. The van der Waals surface area contributed by atoms with Gasteiger partial charge in [0.15, 0.2) is 0 Å². The van der Waals surface area contributed by atoms with E-state index < -0.39 is 11.1 Å². The predicted octanol–water partition coefficient (Wildman–Crippen LogP) is 1.44. The smallest absolute Gasteiger partial charge is 0.0850 e. The van der Waals surface area contributed by atoms with E-state index in [-0.39, 0.29) is 0 Å². The molecule has 0 bridgehead atoms. The molecule has 0 radical (unpaired) electrons. The molecule has 0 amide bonds. The second-order valence-corrected chi connectivity index (χ2v) is 5.34. The fourth-order valence-electron chi connectivity index (χ4n) is 3.01. The average molecular weight is 213 g/mol. The largest absolute Gasteiger partial charge is 0.388 e. The van der Waals surface area contributed by atoms with Crippen molar-refractivity contribution in [3.63, 3.8) is 0 Å². The Labute approximate surface area is 92.0 Å². The third kappa shape index (κ3) is 1.93. The highest BCUT2D eigenvalue weighted by Crippen LogP contribution is 2.42. The molecule has 1 heterocycles. The number of rotatable bonds is 2. The lowest BCUT2D eigenvalue weighted by molar-refractivity contribution is -0.0753. The zero-order chi connectivity index (χ0) is 10.9. The number of aliphatic hydroxyl groups is 1. The second-order valence-electron chi connectivity index (χ2n) is 5.34. The third-order valence-electron chi connectivity index (χ3n) is 4.49. The monoisotopic (exact) mass is 213 g/mol. The van der Waals surface area contributed by atoms with Crippen molar-refractivity contribution in [1.29, 1.82) is 0 Å². The van der Waals surface area contributed by atoms with Gasteiger partial charge in [-0.05, 0) is 38.0 Å². The molecule has 2 rings (SSSR count). The molecule has 0 spiro atoms. The molecule has 0 aromatic heterocycles. The lowest BCUT2D eigenvalue weighted by Gasteiger charge is -2.45. The van der Waals surface area contributed by atoms with Gasteiger partial charge in [-0.2, -0.15) is 0 Å². The van der Waals surface area contributed by atoms with Gasteiger partial charge in [-0.3, -0.25) is 0 Å². The summed E-state index contributed by atoms with van der Waals surface area (Å²) in [5, 5.41) is 10.6. The fourth-order valence-corrected chi connectivity index (χ4v) is 3.01. The van der Waals surface area contributed by atoms with Crippen LogP contribution < -0.4 is 5.73 Å². The number of ether oxygens (including phenoxy) is 1. The first-order valence-corrected chi connectivity index (χ1v) is 6.19. The van der Waals surface area contributed by atoms with Gasteiger partial charge in [-0.25, -0.2) is 0 Å². The van der Waals surface area contributed by atoms with Crippen LogP contribution in [0.15, 0.2) is 0 Å². The highest BCUT2D eigenvalue weighted by Gasteiger charge is 2.50. The Hall–Kier alpha value is -0.120. The maximum atomic E-state index is 10.6. The summed E-state index contributed by atoms with van der Waals surface area (Å²) in [6.45, 7) is 3.46. The van der Waals surface area contributed by atoms with E-state index >= 15 is 0 Å². The van der Waals surface area contributed by atoms with Crippen LogP contribution in [-0.2, 0) is 4.74 Å². The molecule has 2 aliphatic rings. The van der Waals surface area contributed by atoms with E-state index in [1.807, 2.05) is 0 Å². The first-order valence-electron chi connectivity index (χ1n) is 6.19. The Morgan fingerprint density at radius 3 is 2.47 bits per heavy atom. The van der Waals surface area contributed by atoms with E-state index in [1.165, 1.54) is 6.42 Å². The van der Waals surface area contributed by atoms with E-state index in [4.69, 9.17) is 10.5 Å². The fraction of sp³-hybridized carbons (Fsp3) is 1.00. The summed E-state index contributed by atoms with van der Waals surface area (Å²) < 4.78 is 5.35. The highest BCUT2D eigenvalue weighted by molar-refractivity contribution is 5.07. The van der Waals surface area contributed by atoms with Crippen LogP contribution in [-0.4, -0.2) is 29.5 Å². The van der Waals surface area contributed by atoms with Crippen molar-refractivity contribution < 1.29 is 9.84 Å². The SMILES string of the molecule is CCC1CCC(O)(C2(N)CCOC2)CC1. The van der Waals surface area contributed by atoms with Crippen LogP contribution >= 0.6 is 0 Å². The molecule has 1 saturated heterocycles. The van der Waals surface area contributed by atoms with Gasteiger partial charge in [0.05, 0.1) is 17.7 Å². The number of nitrogens with two attached hydrogens (primary N) is 1. The summed E-state index contributed by atoms with van der Waals surface area (Å²) in [6, 6.07) is 0. The molecule has 0 aromatic carbocycles. The molecule has 88 valence electrons. The van der Waals surface area contributed by atoms with Crippen LogP contribution in [0.3, 0.4) is 0 Å². The second kappa shape index (κ2) is 4.04. The van der Waals surface area contributed by atoms with Gasteiger partial charge < -0.3 is 15.6 Å². The van der Waals surface area contributed by atoms with Crippen LogP contribution in [0.1, 0.15) is 45.4 Å². The molecule has 1 unspecified atom stereocenters. The summed E-state index contributed by atoms with van der Waals surface area (Å²) in [5.41, 5.74) is 5.13. The predicted molar refractivity (Wildman–Crippen MR) is 59.6 cm³/mol. The van der Waals surface area contributed by atoms with Crippen molar-refractivity contribution in [1.82, 2.24) is 0 Å². The molecular weight excluding hydrogens is 190 g/mol. The molecule has 3 N–H and O–H groups in total. The van der Waals surface area contributed by atoms with Gasteiger partial charge in [-0.15, -0.1) is 0 Å². The van der Waals surface area contributed by atoms with E-state index in [1.54, 1.807) is 0 Å². The molecule has 1 saturated carbocycles. The quantitative estimate of drug-likeness (QED) is 0.729. The van der Waals surface area contributed by atoms with Gasteiger partial charge in [0.1, 0.15) is 0 Å². The summed E-state index contributed by atoms with van der Waals surface area (Å²) >= 11 is 0. The van der Waals surface area contributed by atoms with Crippen molar-refractivity contribution in [3.05, 3.63) is 0 Å². The minimum atomic E-state index is -0.671. The Morgan fingerprint density at radius 1 is 1.33 bits per heavy atom. The van der Waals surface area contributed by atoms with Crippen LogP contribution in [0.25, 0.3) is 0 Å². The molecule has 1 atom stereocenters. The van der Waals surface area contributed by atoms with Crippen molar-refractivity contribution in [2.45, 2.75) is 56.6 Å². The van der Waals surface area contributed by atoms with E-state index in [9.17, 15) is 5.11 Å². The first kappa shape index (κ1) is 11.4. The molecule has 2 fully saturated rings. The highest BCUT2D eigenvalue weighted by atomic mass is 16.5. The van der Waals surface area contributed by atoms with Gasteiger partial charge in [-0.1, -0.05) is 13.3 Å². The number of hydrogen-bond donors (Lipinski definition) is 2. The third-order valence-corrected chi connectivity index (χ3v) is 4.49. The summed E-state index contributed by atoms with van der Waals surface area (Å²) in [4.78, 5) is 0. The maximum Gasteiger partial charge on any atom is 0.0850 e. The molecule has 3 heteroatoms. The standard InChI is InChI=1S/C12H23NO2/c1-2-10-3-5-12(14,6-4-10)11(13)7-8-15-9-11/h10,14H,2-9,13H2,1H3. The van der Waals surface area contributed by atoms with Gasteiger partial charge in [0.2, 0.25) is 0 Å². The van der Waals surface area contributed by atoms with E-state index in [2.05, 4.69) is 6.92 Å². The lowest BCUT2D eigenvalue weighted by Crippen LogP contribution is -2.62. The van der Waals surface area contributed by atoms with Crippen molar-refractivity contribution >= 4 is 0 Å². The van der Waals surface area contributed by atoms with Crippen molar-refractivity contribution in [2.24, 2.45) is 11.7 Å². The molecule has 1 aliphatic carbocycles. The Kier molecular flexibility index (Phi) is 3.06. The molecule has 0 aromatic rings. The maximum absolute atomic E-state index is 10.6. The summed E-state index contributed by atoms with van der Waals surface area (Å²) in [6.07, 6.45) is 5.97. The van der Waals surface area contributed by atoms with Crippen LogP contribution in [0.4, 0.5) is 0 Å². The van der Waals surface area contributed by atoms with E-state index in [0.29, 0.717) is 13.2 Å². The van der Waals surface area contributed by atoms with Crippen molar-refractivity contribution in [2.75, 3.05) is 13.2 Å². The molecular formula is C12H23NO2. The van der Waals surface area contributed by atoms with Crippen molar-refractivity contribution in [3.8, 4) is 0 Å². The zero-order valence-corrected chi connectivity index (χ0v) is 9.67. The lowest BCUT2D eigenvalue weighted by atomic mass is 9.67. The van der Waals surface area contributed by atoms with Gasteiger partial charge >= 0.3 is 0 Å². The summed E-state index contributed by atoms with van der Waals surface area (Å²) in [7, 11) is 0. The molecule has 3 nitrogen and oxygen atoms in total. The Bertz CT molecular complexity index is 216. The van der Waals surface area contributed by atoms with Crippen LogP contribution in [0, 0.1) is 5.92 Å². The Morgan fingerprint density at radius 2 is 2.00 bits per heavy atom. The van der Waals surface area contributed by atoms with Gasteiger partial charge in [0.25, 0.3) is 0 Å². The topological polar surface area (TPSA) is 55.5 Å². The summed E-state index contributed by atoms with van der Waals surface area (Å²) in [5.74, 6) is 0.788. The minimum Gasteiger partial charge on any atom is -0.388 e. The van der Waals surface area contributed by atoms with Crippen LogP contribution in [0.2, 0.25) is 0 Å². The first-order chi connectivity index (χ1) is 7.10.